The first-order valence-electron chi connectivity index (χ1n) is 7.29. The summed E-state index contributed by atoms with van der Waals surface area (Å²) >= 11 is 12.6. The van der Waals surface area contributed by atoms with Crippen LogP contribution in [-0.4, -0.2) is 6.54 Å². The summed E-state index contributed by atoms with van der Waals surface area (Å²) in [5.41, 5.74) is 4.85. The van der Waals surface area contributed by atoms with Crippen LogP contribution in [0.15, 0.2) is 36.4 Å². The number of halogens is 2. The Balaban J connectivity index is 2.55. The fourth-order valence-electron chi connectivity index (χ4n) is 2.67. The van der Waals surface area contributed by atoms with E-state index in [0.717, 1.165) is 23.6 Å². The third-order valence-corrected chi connectivity index (χ3v) is 4.28. The lowest BCUT2D eigenvalue weighted by atomic mass is 9.91. The smallest absolute Gasteiger partial charge is 0.0597 e. The van der Waals surface area contributed by atoms with Gasteiger partial charge in [-0.2, -0.15) is 0 Å². The van der Waals surface area contributed by atoms with Crippen LogP contribution in [0.1, 0.15) is 41.6 Å². The third-order valence-electron chi connectivity index (χ3n) is 3.70. The zero-order chi connectivity index (χ0) is 15.4. The van der Waals surface area contributed by atoms with Crippen molar-refractivity contribution in [3.05, 3.63) is 68.7 Å². The van der Waals surface area contributed by atoms with Gasteiger partial charge in [0.25, 0.3) is 0 Å². The number of rotatable bonds is 5. The quantitative estimate of drug-likeness (QED) is 0.744. The number of aryl methyl sites for hydroxylation is 2. The first-order valence-corrected chi connectivity index (χ1v) is 8.04. The highest BCUT2D eigenvalue weighted by atomic mass is 35.5. The van der Waals surface area contributed by atoms with Crippen LogP contribution in [0.2, 0.25) is 10.0 Å². The summed E-state index contributed by atoms with van der Waals surface area (Å²) in [7, 11) is 0. The maximum absolute atomic E-state index is 6.43. The Hall–Kier alpha value is -1.02. The molecule has 1 atom stereocenters. The van der Waals surface area contributed by atoms with Crippen LogP contribution in [0.4, 0.5) is 0 Å². The molecule has 1 N–H and O–H groups in total. The van der Waals surface area contributed by atoms with E-state index < -0.39 is 0 Å². The van der Waals surface area contributed by atoms with Gasteiger partial charge in [-0.3, -0.25) is 0 Å². The topological polar surface area (TPSA) is 12.0 Å². The zero-order valence-electron chi connectivity index (χ0n) is 12.7. The van der Waals surface area contributed by atoms with Crippen LogP contribution < -0.4 is 5.32 Å². The van der Waals surface area contributed by atoms with Gasteiger partial charge in [0, 0.05) is 10.0 Å². The summed E-state index contributed by atoms with van der Waals surface area (Å²) in [6.07, 6.45) is 1.07. The lowest BCUT2D eigenvalue weighted by Gasteiger charge is -2.24. The van der Waals surface area contributed by atoms with Crippen molar-refractivity contribution in [2.24, 2.45) is 0 Å². The van der Waals surface area contributed by atoms with Gasteiger partial charge in [-0.15, -0.1) is 0 Å². The third kappa shape index (κ3) is 3.79. The Morgan fingerprint density at radius 1 is 1.05 bits per heavy atom. The summed E-state index contributed by atoms with van der Waals surface area (Å²) < 4.78 is 0. The molecule has 0 saturated carbocycles. The lowest BCUT2D eigenvalue weighted by Crippen LogP contribution is -2.25. The molecule has 0 aliphatic carbocycles. The van der Waals surface area contributed by atoms with Crippen LogP contribution in [-0.2, 0) is 0 Å². The molecule has 0 bridgehead atoms. The predicted octanol–water partition coefficient (Wildman–Crippen LogP) is 5.70. The average molecular weight is 322 g/mol. The number of hydrogen-bond acceptors (Lipinski definition) is 1. The minimum atomic E-state index is 0.0670. The second-order valence-corrected chi connectivity index (χ2v) is 6.20. The average Bonchev–Trinajstić information content (AvgIpc) is 2.45. The van der Waals surface area contributed by atoms with Gasteiger partial charge in [-0.1, -0.05) is 48.3 Å². The minimum Gasteiger partial charge on any atom is -0.306 e. The number of benzene rings is 2. The van der Waals surface area contributed by atoms with E-state index in [4.69, 9.17) is 23.2 Å². The molecule has 2 rings (SSSR count). The summed E-state index contributed by atoms with van der Waals surface area (Å²) in [6, 6.07) is 12.1. The van der Waals surface area contributed by atoms with Crippen LogP contribution >= 0.6 is 23.2 Å². The zero-order valence-corrected chi connectivity index (χ0v) is 14.2. The second kappa shape index (κ2) is 7.31. The van der Waals surface area contributed by atoms with Crippen LogP contribution in [0.25, 0.3) is 0 Å². The number of nitrogens with one attached hydrogen (secondary N) is 1. The molecule has 3 heteroatoms. The maximum atomic E-state index is 6.43. The van der Waals surface area contributed by atoms with E-state index in [1.54, 1.807) is 0 Å². The Kier molecular flexibility index (Phi) is 5.69. The first-order chi connectivity index (χ1) is 10.0. The van der Waals surface area contributed by atoms with Crippen LogP contribution in [0, 0.1) is 13.8 Å². The van der Waals surface area contributed by atoms with Crippen LogP contribution in [0.3, 0.4) is 0 Å². The molecule has 0 spiro atoms. The summed E-state index contributed by atoms with van der Waals surface area (Å²) in [5.74, 6) is 0. The summed E-state index contributed by atoms with van der Waals surface area (Å²) in [6.45, 7) is 7.37. The van der Waals surface area contributed by atoms with Gasteiger partial charge < -0.3 is 5.32 Å². The standard InChI is InChI=1S/C18H21Cl2N/c1-4-10-21-18(15-11-14(19)8-9-16(15)20)17-12(2)6-5-7-13(17)3/h5-9,11,18,21H,4,10H2,1-3H3. The molecule has 0 aliphatic heterocycles. The van der Waals surface area contributed by atoms with E-state index in [2.05, 4.69) is 44.3 Å². The highest BCUT2D eigenvalue weighted by Gasteiger charge is 2.20. The highest BCUT2D eigenvalue weighted by molar-refractivity contribution is 6.33. The van der Waals surface area contributed by atoms with E-state index in [1.165, 1.54) is 16.7 Å². The Morgan fingerprint density at radius 2 is 1.71 bits per heavy atom. The molecule has 0 heterocycles. The molecule has 1 nitrogen and oxygen atoms in total. The molecule has 0 aliphatic rings. The van der Waals surface area contributed by atoms with Gasteiger partial charge in [0.15, 0.2) is 0 Å². The molecule has 21 heavy (non-hydrogen) atoms. The summed E-state index contributed by atoms with van der Waals surface area (Å²) in [5, 5.41) is 5.07. The Labute approximate surface area is 137 Å². The molecular weight excluding hydrogens is 301 g/mol. The van der Waals surface area contributed by atoms with Crippen molar-refractivity contribution in [2.75, 3.05) is 6.54 Å². The molecule has 2 aromatic rings. The van der Waals surface area contributed by atoms with Gasteiger partial charge >= 0.3 is 0 Å². The predicted molar refractivity (Wildman–Crippen MR) is 92.5 cm³/mol. The minimum absolute atomic E-state index is 0.0670. The number of hydrogen-bond donors (Lipinski definition) is 1. The van der Waals surface area contributed by atoms with Crippen molar-refractivity contribution in [1.82, 2.24) is 5.32 Å². The van der Waals surface area contributed by atoms with Crippen molar-refractivity contribution < 1.29 is 0 Å². The van der Waals surface area contributed by atoms with Gasteiger partial charge in [0.1, 0.15) is 0 Å². The molecule has 2 aromatic carbocycles. The monoisotopic (exact) mass is 321 g/mol. The molecule has 0 radical (unpaired) electrons. The molecule has 0 amide bonds. The van der Waals surface area contributed by atoms with E-state index in [0.29, 0.717) is 5.02 Å². The van der Waals surface area contributed by atoms with Gasteiger partial charge in [0.05, 0.1) is 6.04 Å². The SMILES string of the molecule is CCCNC(c1cc(Cl)ccc1Cl)c1c(C)cccc1C. The Morgan fingerprint density at radius 3 is 2.33 bits per heavy atom. The fourth-order valence-corrected chi connectivity index (χ4v) is 3.08. The van der Waals surface area contributed by atoms with Crippen molar-refractivity contribution in [3.63, 3.8) is 0 Å². The molecule has 0 fully saturated rings. The van der Waals surface area contributed by atoms with E-state index in [1.807, 2.05) is 18.2 Å². The van der Waals surface area contributed by atoms with Gasteiger partial charge in [-0.05, 0) is 67.3 Å². The highest BCUT2D eigenvalue weighted by Crippen LogP contribution is 2.33. The normalized spacial score (nSPS) is 12.4. The molecule has 0 aromatic heterocycles. The molecule has 112 valence electrons. The molecule has 1 unspecified atom stereocenters. The molecule has 0 saturated heterocycles. The van der Waals surface area contributed by atoms with Gasteiger partial charge in [-0.25, -0.2) is 0 Å². The van der Waals surface area contributed by atoms with E-state index >= 15 is 0 Å². The fraction of sp³-hybridized carbons (Fsp3) is 0.333. The lowest BCUT2D eigenvalue weighted by molar-refractivity contribution is 0.594. The van der Waals surface area contributed by atoms with Gasteiger partial charge in [0.2, 0.25) is 0 Å². The van der Waals surface area contributed by atoms with Crippen LogP contribution in [0.5, 0.6) is 0 Å². The summed E-state index contributed by atoms with van der Waals surface area (Å²) in [4.78, 5) is 0. The maximum Gasteiger partial charge on any atom is 0.0597 e. The first kappa shape index (κ1) is 16.4. The largest absolute Gasteiger partial charge is 0.306 e. The van der Waals surface area contributed by atoms with E-state index in [-0.39, 0.29) is 6.04 Å². The Bertz CT molecular complexity index is 602. The van der Waals surface area contributed by atoms with Crippen molar-refractivity contribution >= 4 is 23.2 Å². The van der Waals surface area contributed by atoms with Crippen molar-refractivity contribution in [3.8, 4) is 0 Å². The van der Waals surface area contributed by atoms with E-state index in [9.17, 15) is 0 Å². The second-order valence-electron chi connectivity index (χ2n) is 5.36. The molecular formula is C18H21Cl2N. The van der Waals surface area contributed by atoms with Crippen molar-refractivity contribution in [2.45, 2.75) is 33.2 Å². The van der Waals surface area contributed by atoms with Crippen molar-refractivity contribution in [1.29, 1.82) is 0 Å².